The topological polar surface area (TPSA) is 18.5 Å². The molecule has 0 aliphatic carbocycles. The van der Waals surface area contributed by atoms with E-state index in [-0.39, 0.29) is 5.82 Å². The maximum Gasteiger partial charge on any atom is 0.123 e. The van der Waals surface area contributed by atoms with Gasteiger partial charge in [0.1, 0.15) is 5.82 Å². The summed E-state index contributed by atoms with van der Waals surface area (Å²) in [6, 6.07) is 7.79. The molecule has 0 radical (unpaired) electrons. The van der Waals surface area contributed by atoms with Gasteiger partial charge >= 0.3 is 0 Å². The lowest BCUT2D eigenvalue weighted by Gasteiger charge is -2.42. The minimum Gasteiger partial charge on any atom is -0.312 e. The second-order valence-electron chi connectivity index (χ2n) is 5.81. The first-order valence-corrected chi connectivity index (χ1v) is 7.46. The Morgan fingerprint density at radius 2 is 2.15 bits per heavy atom. The molecular formula is C16H26FN3. The van der Waals surface area contributed by atoms with Crippen LogP contribution in [0.3, 0.4) is 0 Å². The summed E-state index contributed by atoms with van der Waals surface area (Å²) in [5, 5.41) is 3.58. The van der Waals surface area contributed by atoms with Crippen LogP contribution in [0.1, 0.15) is 12.5 Å². The van der Waals surface area contributed by atoms with E-state index in [9.17, 15) is 4.39 Å². The van der Waals surface area contributed by atoms with E-state index < -0.39 is 0 Å². The fourth-order valence-corrected chi connectivity index (χ4v) is 3.00. The molecule has 1 aliphatic heterocycles. The highest BCUT2D eigenvalue weighted by Gasteiger charge is 2.29. The molecule has 2 rings (SSSR count). The summed E-state index contributed by atoms with van der Waals surface area (Å²) >= 11 is 0. The van der Waals surface area contributed by atoms with Gasteiger partial charge in [-0.25, -0.2) is 4.39 Å². The van der Waals surface area contributed by atoms with Crippen LogP contribution in [0.2, 0.25) is 0 Å². The lowest BCUT2D eigenvalue weighted by atomic mass is 9.96. The van der Waals surface area contributed by atoms with Gasteiger partial charge in [-0.3, -0.25) is 4.90 Å². The second-order valence-corrected chi connectivity index (χ2v) is 5.81. The van der Waals surface area contributed by atoms with E-state index in [1.165, 1.54) is 6.07 Å². The predicted octanol–water partition coefficient (Wildman–Crippen LogP) is 1.59. The fourth-order valence-electron chi connectivity index (χ4n) is 3.00. The van der Waals surface area contributed by atoms with Crippen molar-refractivity contribution in [3.05, 3.63) is 35.6 Å². The van der Waals surface area contributed by atoms with Gasteiger partial charge in [-0.2, -0.15) is 0 Å². The summed E-state index contributed by atoms with van der Waals surface area (Å²) in [5.74, 6) is -0.146. The van der Waals surface area contributed by atoms with E-state index >= 15 is 0 Å². The summed E-state index contributed by atoms with van der Waals surface area (Å²) in [6.45, 7) is 6.33. The second kappa shape index (κ2) is 7.16. The molecular weight excluding hydrogens is 253 g/mol. The first-order valence-electron chi connectivity index (χ1n) is 7.46. The van der Waals surface area contributed by atoms with E-state index in [1.54, 1.807) is 12.1 Å². The van der Waals surface area contributed by atoms with Gasteiger partial charge in [0.2, 0.25) is 0 Å². The molecule has 0 saturated carbocycles. The van der Waals surface area contributed by atoms with Gasteiger partial charge in [-0.05, 0) is 44.8 Å². The third-order valence-electron chi connectivity index (χ3n) is 4.17. The van der Waals surface area contributed by atoms with Crippen LogP contribution in [0, 0.1) is 5.82 Å². The van der Waals surface area contributed by atoms with Crippen molar-refractivity contribution in [2.75, 3.05) is 40.3 Å². The number of nitrogens with zero attached hydrogens (tertiary/aromatic N) is 2. The number of halogens is 1. The van der Waals surface area contributed by atoms with Crippen LogP contribution in [-0.2, 0) is 6.42 Å². The molecule has 0 amide bonds. The Hall–Kier alpha value is -0.970. The van der Waals surface area contributed by atoms with Crippen molar-refractivity contribution >= 4 is 0 Å². The van der Waals surface area contributed by atoms with Gasteiger partial charge in [-0.1, -0.05) is 19.1 Å². The molecule has 1 aliphatic rings. The van der Waals surface area contributed by atoms with Gasteiger partial charge in [0.15, 0.2) is 0 Å². The average molecular weight is 279 g/mol. The van der Waals surface area contributed by atoms with E-state index in [0.29, 0.717) is 12.1 Å². The molecule has 112 valence electrons. The minimum atomic E-state index is -0.146. The zero-order chi connectivity index (χ0) is 14.5. The largest absolute Gasteiger partial charge is 0.312 e. The molecule has 2 unspecified atom stereocenters. The molecule has 20 heavy (non-hydrogen) atoms. The monoisotopic (exact) mass is 279 g/mol. The van der Waals surface area contributed by atoms with E-state index in [0.717, 1.165) is 38.2 Å². The molecule has 1 aromatic carbocycles. The number of benzene rings is 1. The van der Waals surface area contributed by atoms with Crippen molar-refractivity contribution in [3.63, 3.8) is 0 Å². The van der Waals surface area contributed by atoms with Crippen molar-refractivity contribution < 1.29 is 4.39 Å². The van der Waals surface area contributed by atoms with Gasteiger partial charge in [-0.15, -0.1) is 0 Å². The number of nitrogens with one attached hydrogen (secondary N) is 1. The standard InChI is InChI=1S/C16H26FN3/c1-4-18-15(11-13-6-5-7-14(17)10-13)16-12-19(2)8-9-20(16)3/h5-7,10,15-16,18H,4,8-9,11-12H2,1-3H3. The Bertz CT molecular complexity index is 424. The predicted molar refractivity (Wildman–Crippen MR) is 81.5 cm³/mol. The first kappa shape index (κ1) is 15.4. The third-order valence-corrected chi connectivity index (χ3v) is 4.17. The summed E-state index contributed by atoms with van der Waals surface area (Å²) in [7, 11) is 4.36. The summed E-state index contributed by atoms with van der Waals surface area (Å²) in [6.07, 6.45) is 0.869. The van der Waals surface area contributed by atoms with Gasteiger partial charge in [0.25, 0.3) is 0 Å². The Morgan fingerprint density at radius 1 is 1.35 bits per heavy atom. The zero-order valence-electron chi connectivity index (χ0n) is 12.8. The highest BCUT2D eigenvalue weighted by molar-refractivity contribution is 5.18. The summed E-state index contributed by atoms with van der Waals surface area (Å²) in [5.41, 5.74) is 1.07. The Labute approximate surface area is 121 Å². The van der Waals surface area contributed by atoms with Crippen LogP contribution in [0.4, 0.5) is 4.39 Å². The van der Waals surface area contributed by atoms with Crippen molar-refractivity contribution in [2.45, 2.75) is 25.4 Å². The number of hydrogen-bond acceptors (Lipinski definition) is 3. The van der Waals surface area contributed by atoms with Gasteiger partial charge < -0.3 is 10.2 Å². The number of likely N-dealkylation sites (N-methyl/N-ethyl adjacent to an activating group) is 3. The van der Waals surface area contributed by atoms with E-state index in [2.05, 4.69) is 36.1 Å². The maximum atomic E-state index is 13.3. The maximum absolute atomic E-state index is 13.3. The lowest BCUT2D eigenvalue weighted by Crippen LogP contribution is -2.59. The van der Waals surface area contributed by atoms with Crippen molar-refractivity contribution in [2.24, 2.45) is 0 Å². The quantitative estimate of drug-likeness (QED) is 0.883. The molecule has 0 spiro atoms. The Balaban J connectivity index is 2.09. The van der Waals surface area contributed by atoms with Crippen molar-refractivity contribution in [1.82, 2.24) is 15.1 Å². The molecule has 1 fully saturated rings. The highest BCUT2D eigenvalue weighted by atomic mass is 19.1. The van der Waals surface area contributed by atoms with Crippen LogP contribution in [0.25, 0.3) is 0 Å². The van der Waals surface area contributed by atoms with Crippen LogP contribution < -0.4 is 5.32 Å². The molecule has 3 nitrogen and oxygen atoms in total. The molecule has 1 aromatic rings. The van der Waals surface area contributed by atoms with Crippen LogP contribution in [0.5, 0.6) is 0 Å². The average Bonchev–Trinajstić information content (AvgIpc) is 2.41. The van der Waals surface area contributed by atoms with Gasteiger partial charge in [0, 0.05) is 31.7 Å². The molecule has 1 N–H and O–H groups in total. The molecule has 2 atom stereocenters. The molecule has 0 aromatic heterocycles. The van der Waals surface area contributed by atoms with E-state index in [4.69, 9.17) is 0 Å². The summed E-state index contributed by atoms with van der Waals surface area (Å²) < 4.78 is 13.3. The van der Waals surface area contributed by atoms with Gasteiger partial charge in [0.05, 0.1) is 0 Å². The SMILES string of the molecule is CCNC(Cc1cccc(F)c1)C1CN(C)CCN1C. The highest BCUT2D eigenvalue weighted by Crippen LogP contribution is 2.15. The number of hydrogen-bond donors (Lipinski definition) is 1. The van der Waals surface area contributed by atoms with Crippen LogP contribution in [-0.4, -0.2) is 62.2 Å². The van der Waals surface area contributed by atoms with Crippen LogP contribution in [0.15, 0.2) is 24.3 Å². The molecule has 1 heterocycles. The summed E-state index contributed by atoms with van der Waals surface area (Å²) in [4.78, 5) is 4.80. The first-order chi connectivity index (χ1) is 9.60. The fraction of sp³-hybridized carbons (Fsp3) is 0.625. The van der Waals surface area contributed by atoms with Crippen LogP contribution >= 0.6 is 0 Å². The van der Waals surface area contributed by atoms with Crippen molar-refractivity contribution in [3.8, 4) is 0 Å². The third kappa shape index (κ3) is 4.01. The minimum absolute atomic E-state index is 0.146. The Kier molecular flexibility index (Phi) is 5.52. The molecule has 4 heteroatoms. The lowest BCUT2D eigenvalue weighted by molar-refractivity contribution is 0.0881. The molecule has 0 bridgehead atoms. The molecule has 1 saturated heterocycles. The smallest absolute Gasteiger partial charge is 0.123 e. The number of rotatable bonds is 5. The van der Waals surface area contributed by atoms with E-state index in [1.807, 2.05) is 6.07 Å². The zero-order valence-corrected chi connectivity index (χ0v) is 12.8. The number of piperazine rings is 1. The normalized spacial score (nSPS) is 22.9. The Morgan fingerprint density at radius 3 is 2.85 bits per heavy atom. The van der Waals surface area contributed by atoms with Crippen molar-refractivity contribution in [1.29, 1.82) is 0 Å².